The standard InChI is InChI=1S/C28H29F4NO4/c29-23-12-10-21(11-13-23)26-27(35,36-17-16-33(26)18-20-6-2-1-3-7-20)15-14-22(19-34)24-8-4-5-9-25(24)37-28(30,31)32/h1-13,22,26,34-35H,14-19H2. The number of nitrogens with zero attached hydrogens (tertiary/aromatic N) is 1. The number of hydrogen-bond donors (Lipinski definition) is 2. The Morgan fingerprint density at radius 3 is 2.35 bits per heavy atom. The molecule has 1 saturated heterocycles. The topological polar surface area (TPSA) is 62.2 Å². The Bertz CT molecular complexity index is 1140. The summed E-state index contributed by atoms with van der Waals surface area (Å²) >= 11 is 0. The fourth-order valence-electron chi connectivity index (χ4n) is 4.91. The molecular weight excluding hydrogens is 490 g/mol. The van der Waals surface area contributed by atoms with Gasteiger partial charge in [-0.3, -0.25) is 4.90 Å². The van der Waals surface area contributed by atoms with Gasteiger partial charge in [0.25, 0.3) is 0 Å². The minimum atomic E-state index is -4.88. The van der Waals surface area contributed by atoms with Crippen LogP contribution < -0.4 is 4.74 Å². The van der Waals surface area contributed by atoms with Crippen LogP contribution in [-0.4, -0.2) is 47.0 Å². The number of para-hydroxylation sites is 1. The monoisotopic (exact) mass is 519 g/mol. The summed E-state index contributed by atoms with van der Waals surface area (Å²) in [5.41, 5.74) is 1.84. The summed E-state index contributed by atoms with van der Waals surface area (Å²) in [6.45, 7) is 0.771. The van der Waals surface area contributed by atoms with Gasteiger partial charge in [-0.2, -0.15) is 0 Å². The van der Waals surface area contributed by atoms with Crippen LogP contribution in [0, 0.1) is 5.82 Å². The van der Waals surface area contributed by atoms with Crippen molar-refractivity contribution in [2.75, 3.05) is 19.8 Å². The molecule has 0 radical (unpaired) electrons. The van der Waals surface area contributed by atoms with Gasteiger partial charge in [0.2, 0.25) is 0 Å². The summed E-state index contributed by atoms with van der Waals surface area (Å²) in [5, 5.41) is 21.9. The van der Waals surface area contributed by atoms with Gasteiger partial charge < -0.3 is 19.7 Å². The molecule has 0 spiro atoms. The van der Waals surface area contributed by atoms with E-state index in [1.54, 1.807) is 18.2 Å². The number of ether oxygens (including phenoxy) is 2. The summed E-state index contributed by atoms with van der Waals surface area (Å²) in [6.07, 6.45) is -4.76. The molecule has 1 aliphatic rings. The first-order valence-electron chi connectivity index (χ1n) is 12.0. The van der Waals surface area contributed by atoms with E-state index in [2.05, 4.69) is 4.74 Å². The summed E-state index contributed by atoms with van der Waals surface area (Å²) in [7, 11) is 0. The van der Waals surface area contributed by atoms with Gasteiger partial charge >= 0.3 is 6.36 Å². The average molecular weight is 520 g/mol. The molecule has 2 N–H and O–H groups in total. The van der Waals surface area contributed by atoms with Crippen molar-refractivity contribution in [3.8, 4) is 5.75 Å². The van der Waals surface area contributed by atoms with Gasteiger partial charge in [-0.25, -0.2) is 4.39 Å². The zero-order valence-electron chi connectivity index (χ0n) is 20.1. The smallest absolute Gasteiger partial charge is 0.405 e. The second kappa shape index (κ2) is 11.6. The van der Waals surface area contributed by atoms with Gasteiger partial charge in [-0.15, -0.1) is 13.2 Å². The Morgan fingerprint density at radius 2 is 1.68 bits per heavy atom. The highest BCUT2D eigenvalue weighted by molar-refractivity contribution is 5.36. The normalized spacial score (nSPS) is 21.5. The van der Waals surface area contributed by atoms with E-state index in [4.69, 9.17) is 4.74 Å². The number of rotatable bonds is 9. The number of morpholine rings is 1. The quantitative estimate of drug-likeness (QED) is 0.364. The largest absolute Gasteiger partial charge is 0.573 e. The van der Waals surface area contributed by atoms with Crippen LogP contribution in [-0.2, 0) is 11.3 Å². The Hall–Kier alpha value is -2.98. The van der Waals surface area contributed by atoms with Crippen molar-refractivity contribution >= 4 is 0 Å². The molecule has 0 amide bonds. The van der Waals surface area contributed by atoms with Gasteiger partial charge in [0.15, 0.2) is 5.79 Å². The van der Waals surface area contributed by atoms with Crippen molar-refractivity contribution in [2.24, 2.45) is 0 Å². The number of aliphatic hydroxyl groups is 2. The lowest BCUT2D eigenvalue weighted by atomic mass is 9.86. The zero-order valence-corrected chi connectivity index (χ0v) is 20.1. The van der Waals surface area contributed by atoms with Gasteiger partial charge in [0.05, 0.1) is 19.3 Å². The lowest BCUT2D eigenvalue weighted by Gasteiger charge is -2.47. The molecule has 9 heteroatoms. The second-order valence-corrected chi connectivity index (χ2v) is 9.11. The maximum atomic E-state index is 13.7. The van der Waals surface area contributed by atoms with Gasteiger partial charge in [-0.05, 0) is 41.3 Å². The number of benzene rings is 3. The highest BCUT2D eigenvalue weighted by Crippen LogP contribution is 2.42. The molecular formula is C28H29F4NO4. The fourth-order valence-corrected chi connectivity index (χ4v) is 4.91. The summed E-state index contributed by atoms with van der Waals surface area (Å²) in [6, 6.07) is 20.5. The van der Waals surface area contributed by atoms with Crippen molar-refractivity contribution in [1.82, 2.24) is 4.90 Å². The van der Waals surface area contributed by atoms with Crippen LogP contribution in [0.3, 0.4) is 0 Å². The van der Waals surface area contributed by atoms with Crippen LogP contribution in [0.25, 0.3) is 0 Å². The van der Waals surface area contributed by atoms with E-state index in [-0.39, 0.29) is 25.0 Å². The van der Waals surface area contributed by atoms with Crippen molar-refractivity contribution in [2.45, 2.75) is 43.5 Å². The van der Waals surface area contributed by atoms with Gasteiger partial charge in [0, 0.05) is 25.4 Å². The van der Waals surface area contributed by atoms with E-state index in [1.807, 2.05) is 35.2 Å². The van der Waals surface area contributed by atoms with E-state index < -0.39 is 42.3 Å². The van der Waals surface area contributed by atoms with Crippen LogP contribution in [0.5, 0.6) is 5.75 Å². The molecule has 3 atom stereocenters. The molecule has 198 valence electrons. The van der Waals surface area contributed by atoms with Crippen LogP contribution in [0.4, 0.5) is 17.6 Å². The number of aliphatic hydroxyl groups excluding tert-OH is 1. The third-order valence-corrected chi connectivity index (χ3v) is 6.59. The number of hydrogen-bond acceptors (Lipinski definition) is 5. The molecule has 37 heavy (non-hydrogen) atoms. The predicted octanol–water partition coefficient (Wildman–Crippen LogP) is 5.54. The van der Waals surface area contributed by atoms with E-state index in [0.717, 1.165) is 5.56 Å². The van der Waals surface area contributed by atoms with E-state index in [1.165, 1.54) is 30.3 Å². The molecule has 3 aromatic carbocycles. The van der Waals surface area contributed by atoms with Gasteiger partial charge in [-0.1, -0.05) is 60.7 Å². The van der Waals surface area contributed by atoms with Crippen LogP contribution >= 0.6 is 0 Å². The summed E-state index contributed by atoms with van der Waals surface area (Å²) in [4.78, 5) is 2.04. The number of halogens is 4. The van der Waals surface area contributed by atoms with E-state index in [9.17, 15) is 27.8 Å². The highest BCUT2D eigenvalue weighted by atomic mass is 19.4. The van der Waals surface area contributed by atoms with Crippen molar-refractivity contribution in [1.29, 1.82) is 0 Å². The van der Waals surface area contributed by atoms with Crippen LogP contribution in [0.15, 0.2) is 78.9 Å². The first-order chi connectivity index (χ1) is 17.7. The third kappa shape index (κ3) is 6.87. The SMILES string of the molecule is OCC(CCC1(O)OCCN(Cc2ccccc2)C1c1ccc(F)cc1)c1ccccc1OC(F)(F)F. The maximum absolute atomic E-state index is 13.7. The average Bonchev–Trinajstić information content (AvgIpc) is 2.86. The minimum Gasteiger partial charge on any atom is -0.405 e. The Balaban J connectivity index is 1.61. The Morgan fingerprint density at radius 1 is 1.00 bits per heavy atom. The number of alkyl halides is 3. The first-order valence-corrected chi connectivity index (χ1v) is 12.0. The Labute approximate surface area is 212 Å². The molecule has 5 nitrogen and oxygen atoms in total. The fraction of sp³-hybridized carbons (Fsp3) is 0.357. The summed E-state index contributed by atoms with van der Waals surface area (Å²) in [5.74, 6) is -3.30. The zero-order chi connectivity index (χ0) is 26.5. The first kappa shape index (κ1) is 27.1. The predicted molar refractivity (Wildman–Crippen MR) is 129 cm³/mol. The lowest BCUT2D eigenvalue weighted by Crippen LogP contribution is -2.54. The molecule has 0 saturated carbocycles. The third-order valence-electron chi connectivity index (χ3n) is 6.59. The minimum absolute atomic E-state index is 0.00586. The molecule has 4 rings (SSSR count). The highest BCUT2D eigenvalue weighted by Gasteiger charge is 2.46. The Kier molecular flexibility index (Phi) is 8.49. The van der Waals surface area contributed by atoms with Crippen molar-refractivity contribution in [3.05, 3.63) is 101 Å². The second-order valence-electron chi connectivity index (χ2n) is 9.11. The van der Waals surface area contributed by atoms with Crippen LogP contribution in [0.2, 0.25) is 0 Å². The molecule has 3 aromatic rings. The van der Waals surface area contributed by atoms with Gasteiger partial charge in [0.1, 0.15) is 11.6 Å². The lowest BCUT2D eigenvalue weighted by molar-refractivity contribution is -0.278. The van der Waals surface area contributed by atoms with E-state index in [0.29, 0.717) is 18.7 Å². The molecule has 1 heterocycles. The molecule has 0 bridgehead atoms. The summed E-state index contributed by atoms with van der Waals surface area (Å²) < 4.78 is 62.6. The molecule has 0 aliphatic carbocycles. The maximum Gasteiger partial charge on any atom is 0.573 e. The molecule has 1 aliphatic heterocycles. The molecule has 0 aromatic heterocycles. The van der Waals surface area contributed by atoms with Crippen LogP contribution in [0.1, 0.15) is 41.5 Å². The molecule has 1 fully saturated rings. The van der Waals surface area contributed by atoms with Crippen molar-refractivity contribution < 1.29 is 37.2 Å². The van der Waals surface area contributed by atoms with E-state index >= 15 is 0 Å². The molecule has 3 unspecified atom stereocenters. The van der Waals surface area contributed by atoms with Crippen molar-refractivity contribution in [3.63, 3.8) is 0 Å².